The van der Waals surface area contributed by atoms with E-state index in [-0.39, 0.29) is 17.7 Å². The van der Waals surface area contributed by atoms with Crippen LogP contribution in [0, 0.1) is 12.8 Å². The molecule has 1 aliphatic rings. The normalized spacial score (nSPS) is 23.1. The van der Waals surface area contributed by atoms with Gasteiger partial charge in [0.15, 0.2) is 0 Å². The molecule has 0 aliphatic carbocycles. The summed E-state index contributed by atoms with van der Waals surface area (Å²) < 4.78 is 0. The fourth-order valence-corrected chi connectivity index (χ4v) is 2.40. The monoisotopic (exact) mass is 274 g/mol. The molecule has 2 atom stereocenters. The van der Waals surface area contributed by atoms with E-state index < -0.39 is 12.1 Å². The number of amides is 2. The van der Waals surface area contributed by atoms with Gasteiger partial charge in [-0.2, -0.15) is 0 Å². The number of nitrogens with zero attached hydrogens (tertiary/aromatic N) is 1. The number of hydrogen-bond donors (Lipinski definition) is 1. The first-order chi connectivity index (χ1) is 9.40. The van der Waals surface area contributed by atoms with Crippen molar-refractivity contribution in [2.45, 2.75) is 46.3 Å². The van der Waals surface area contributed by atoms with Crippen LogP contribution in [0.5, 0.6) is 0 Å². The first kappa shape index (κ1) is 14.6. The Labute approximate surface area is 120 Å². The molecule has 1 saturated heterocycles. The SMILES string of the molecule is Cc1ccc(CN2C(=O)C(C(C)C)NC(=O)C2C)cc1. The lowest BCUT2D eigenvalue weighted by atomic mass is 9.97. The highest BCUT2D eigenvalue weighted by molar-refractivity contribution is 5.96. The van der Waals surface area contributed by atoms with E-state index in [2.05, 4.69) is 5.32 Å². The Bertz CT molecular complexity index is 508. The summed E-state index contributed by atoms with van der Waals surface area (Å²) in [6.07, 6.45) is 0. The minimum absolute atomic E-state index is 0.00711. The third kappa shape index (κ3) is 2.84. The molecule has 2 rings (SSSR count). The molecule has 1 heterocycles. The fourth-order valence-electron chi connectivity index (χ4n) is 2.40. The Balaban J connectivity index is 2.20. The lowest BCUT2D eigenvalue weighted by Gasteiger charge is -2.38. The third-order valence-corrected chi connectivity index (χ3v) is 3.83. The largest absolute Gasteiger partial charge is 0.342 e. The van der Waals surface area contributed by atoms with Crippen molar-refractivity contribution >= 4 is 11.8 Å². The van der Waals surface area contributed by atoms with Crippen molar-refractivity contribution in [1.29, 1.82) is 0 Å². The van der Waals surface area contributed by atoms with Crippen LogP contribution in [0.15, 0.2) is 24.3 Å². The number of hydrogen-bond acceptors (Lipinski definition) is 2. The zero-order chi connectivity index (χ0) is 14.9. The van der Waals surface area contributed by atoms with E-state index in [4.69, 9.17) is 0 Å². The smallest absolute Gasteiger partial charge is 0.246 e. The molecule has 1 aliphatic heterocycles. The van der Waals surface area contributed by atoms with Gasteiger partial charge in [-0.3, -0.25) is 9.59 Å². The standard InChI is InChI=1S/C16H22N2O2/c1-10(2)14-16(20)18(12(4)15(19)17-14)9-13-7-5-11(3)6-8-13/h5-8,10,12,14H,9H2,1-4H3,(H,17,19). The van der Waals surface area contributed by atoms with E-state index >= 15 is 0 Å². The molecule has 4 nitrogen and oxygen atoms in total. The number of benzene rings is 1. The Morgan fingerprint density at radius 2 is 1.80 bits per heavy atom. The van der Waals surface area contributed by atoms with Crippen LogP contribution < -0.4 is 5.32 Å². The van der Waals surface area contributed by atoms with Crippen LogP contribution in [-0.2, 0) is 16.1 Å². The molecule has 2 unspecified atom stereocenters. The molecule has 4 heteroatoms. The molecule has 2 amide bonds. The molecule has 1 aromatic rings. The maximum atomic E-state index is 12.5. The van der Waals surface area contributed by atoms with Crippen molar-refractivity contribution in [3.8, 4) is 0 Å². The second-order valence-electron chi connectivity index (χ2n) is 5.86. The Kier molecular flexibility index (Phi) is 4.12. The van der Waals surface area contributed by atoms with Crippen molar-refractivity contribution in [3.63, 3.8) is 0 Å². The van der Waals surface area contributed by atoms with E-state index in [1.54, 1.807) is 11.8 Å². The summed E-state index contributed by atoms with van der Waals surface area (Å²) >= 11 is 0. The highest BCUT2D eigenvalue weighted by Gasteiger charge is 2.39. The summed E-state index contributed by atoms with van der Waals surface area (Å²) in [6.45, 7) is 8.18. The summed E-state index contributed by atoms with van der Waals surface area (Å²) in [4.78, 5) is 26.2. The van der Waals surface area contributed by atoms with Crippen LogP contribution >= 0.6 is 0 Å². The minimum atomic E-state index is -0.418. The van der Waals surface area contributed by atoms with Crippen LogP contribution in [0.1, 0.15) is 31.9 Å². The Hall–Kier alpha value is -1.84. The summed E-state index contributed by atoms with van der Waals surface area (Å²) in [5.41, 5.74) is 2.23. The molecule has 0 aromatic heterocycles. The highest BCUT2D eigenvalue weighted by atomic mass is 16.2. The zero-order valence-corrected chi connectivity index (χ0v) is 12.5. The average molecular weight is 274 g/mol. The van der Waals surface area contributed by atoms with E-state index in [1.165, 1.54) is 5.56 Å². The molecule has 20 heavy (non-hydrogen) atoms. The van der Waals surface area contributed by atoms with Crippen molar-refractivity contribution in [3.05, 3.63) is 35.4 Å². The van der Waals surface area contributed by atoms with Crippen LogP contribution in [-0.4, -0.2) is 28.8 Å². The Morgan fingerprint density at radius 3 is 2.35 bits per heavy atom. The van der Waals surface area contributed by atoms with E-state index in [0.29, 0.717) is 6.54 Å². The topological polar surface area (TPSA) is 49.4 Å². The second-order valence-corrected chi connectivity index (χ2v) is 5.86. The first-order valence-corrected chi connectivity index (χ1v) is 7.06. The minimum Gasteiger partial charge on any atom is -0.342 e. The first-order valence-electron chi connectivity index (χ1n) is 7.06. The van der Waals surface area contributed by atoms with Gasteiger partial charge in [0.2, 0.25) is 11.8 Å². The molecule has 108 valence electrons. The van der Waals surface area contributed by atoms with Crippen molar-refractivity contribution < 1.29 is 9.59 Å². The molecule has 0 spiro atoms. The summed E-state index contributed by atoms with van der Waals surface area (Å²) in [7, 11) is 0. The third-order valence-electron chi connectivity index (χ3n) is 3.83. The number of carbonyl (C=O) groups excluding carboxylic acids is 2. The van der Waals surface area contributed by atoms with Crippen LogP contribution in [0.4, 0.5) is 0 Å². The number of aryl methyl sites for hydroxylation is 1. The summed E-state index contributed by atoms with van der Waals surface area (Å²) in [5.74, 6) is 0.0301. The van der Waals surface area contributed by atoms with Gasteiger partial charge in [-0.15, -0.1) is 0 Å². The number of rotatable bonds is 3. The number of carbonyl (C=O) groups is 2. The fraction of sp³-hybridized carbons (Fsp3) is 0.500. The molecule has 0 radical (unpaired) electrons. The zero-order valence-electron chi connectivity index (χ0n) is 12.5. The van der Waals surface area contributed by atoms with Crippen molar-refractivity contribution in [2.24, 2.45) is 5.92 Å². The highest BCUT2D eigenvalue weighted by Crippen LogP contribution is 2.18. The van der Waals surface area contributed by atoms with Gasteiger partial charge in [-0.05, 0) is 25.3 Å². The van der Waals surface area contributed by atoms with Crippen LogP contribution in [0.2, 0.25) is 0 Å². The maximum absolute atomic E-state index is 12.5. The van der Waals surface area contributed by atoms with E-state index in [0.717, 1.165) is 5.56 Å². The van der Waals surface area contributed by atoms with Gasteiger partial charge in [0.1, 0.15) is 12.1 Å². The van der Waals surface area contributed by atoms with Gasteiger partial charge in [0.05, 0.1) is 0 Å². The molecule has 0 saturated carbocycles. The lowest BCUT2D eigenvalue weighted by Crippen LogP contribution is -2.63. The van der Waals surface area contributed by atoms with Gasteiger partial charge >= 0.3 is 0 Å². The van der Waals surface area contributed by atoms with Gasteiger partial charge in [0.25, 0.3) is 0 Å². The maximum Gasteiger partial charge on any atom is 0.246 e. The molecular weight excluding hydrogens is 252 g/mol. The second kappa shape index (κ2) is 5.65. The molecular formula is C16H22N2O2. The molecule has 1 N–H and O–H groups in total. The van der Waals surface area contributed by atoms with Crippen molar-refractivity contribution in [2.75, 3.05) is 0 Å². The van der Waals surface area contributed by atoms with Gasteiger partial charge in [0, 0.05) is 6.54 Å². The molecule has 1 aromatic carbocycles. The van der Waals surface area contributed by atoms with Crippen LogP contribution in [0.3, 0.4) is 0 Å². The van der Waals surface area contributed by atoms with Gasteiger partial charge in [-0.1, -0.05) is 43.7 Å². The van der Waals surface area contributed by atoms with Gasteiger partial charge in [-0.25, -0.2) is 0 Å². The molecule has 0 bridgehead atoms. The van der Waals surface area contributed by atoms with E-state index in [9.17, 15) is 9.59 Å². The predicted octanol–water partition coefficient (Wildman–Crippen LogP) is 1.87. The van der Waals surface area contributed by atoms with Gasteiger partial charge < -0.3 is 10.2 Å². The number of nitrogens with one attached hydrogen (secondary N) is 1. The predicted molar refractivity (Wildman–Crippen MR) is 78.0 cm³/mol. The average Bonchev–Trinajstić information content (AvgIpc) is 2.40. The number of piperazine rings is 1. The van der Waals surface area contributed by atoms with Crippen LogP contribution in [0.25, 0.3) is 0 Å². The lowest BCUT2D eigenvalue weighted by molar-refractivity contribution is -0.150. The quantitative estimate of drug-likeness (QED) is 0.914. The van der Waals surface area contributed by atoms with E-state index in [1.807, 2.05) is 45.0 Å². The Morgan fingerprint density at radius 1 is 1.20 bits per heavy atom. The summed E-state index contributed by atoms with van der Waals surface area (Å²) in [6, 6.07) is 7.23. The molecule has 1 fully saturated rings. The summed E-state index contributed by atoms with van der Waals surface area (Å²) in [5, 5.41) is 2.81. The van der Waals surface area contributed by atoms with Crippen molar-refractivity contribution in [1.82, 2.24) is 10.2 Å².